The number of benzene rings is 3. The van der Waals surface area contributed by atoms with Gasteiger partial charge in [-0.25, -0.2) is 14.5 Å². The van der Waals surface area contributed by atoms with Crippen molar-refractivity contribution in [1.29, 1.82) is 0 Å². The highest BCUT2D eigenvalue weighted by Crippen LogP contribution is 2.40. The van der Waals surface area contributed by atoms with E-state index in [-0.39, 0.29) is 23.7 Å². The lowest BCUT2D eigenvalue weighted by Crippen LogP contribution is -2.39. The summed E-state index contributed by atoms with van der Waals surface area (Å²) in [7, 11) is 1.18. The molecule has 40 heavy (non-hydrogen) atoms. The Morgan fingerprint density at radius 3 is 2.02 bits per heavy atom. The summed E-state index contributed by atoms with van der Waals surface area (Å²) in [6, 6.07) is 26.9. The second-order valence-electron chi connectivity index (χ2n) is 9.64. The second-order valence-corrected chi connectivity index (χ2v) is 10.1. The number of carbonyl (C=O) groups excluding carboxylic acids is 2. The lowest BCUT2D eigenvalue weighted by atomic mass is 9.80. The van der Waals surface area contributed by atoms with Gasteiger partial charge in [-0.05, 0) is 49.1 Å². The molecule has 2 amide bonds. The average molecular weight is 559 g/mol. The van der Waals surface area contributed by atoms with Gasteiger partial charge in [0.2, 0.25) is 0 Å². The Balaban J connectivity index is 1.64. The highest BCUT2D eigenvalue weighted by molar-refractivity contribution is 6.30. The van der Waals surface area contributed by atoms with Crippen LogP contribution in [0.3, 0.4) is 0 Å². The number of rotatable bonds is 8. The van der Waals surface area contributed by atoms with Crippen molar-refractivity contribution in [1.82, 2.24) is 10.2 Å². The first-order valence-corrected chi connectivity index (χ1v) is 13.3. The normalized spacial score (nSPS) is 15.1. The molecule has 2 N–H and O–H groups in total. The van der Waals surface area contributed by atoms with E-state index >= 15 is 0 Å². The van der Waals surface area contributed by atoms with E-state index in [2.05, 4.69) is 29.6 Å². The number of hydrogen-bond acceptors (Lipinski definition) is 5. The van der Waals surface area contributed by atoms with Gasteiger partial charge in [0.25, 0.3) is 5.91 Å². The quantitative estimate of drug-likeness (QED) is 0.307. The SMILES string of the molecule is CC1=C(C(=O)OCCC(c2ccccc2)c2ccccc2)C(c2cccc(Cl)c2)C(C(=O)N(C)C(=O)O)=C(C)N1. The Morgan fingerprint density at radius 2 is 1.48 bits per heavy atom. The van der Waals surface area contributed by atoms with E-state index in [0.29, 0.717) is 33.3 Å². The van der Waals surface area contributed by atoms with E-state index in [4.69, 9.17) is 16.3 Å². The standard InChI is InChI=1S/C32H31ClN2O5/c1-20-27(30(36)35(3)32(38)39)29(24-15-10-16-25(33)19-24)28(21(2)34-20)31(37)40-18-17-26(22-11-6-4-7-12-22)23-13-8-5-9-14-23/h4-16,19,26,29,34H,17-18H2,1-3H3,(H,38,39). The molecule has 8 heteroatoms. The summed E-state index contributed by atoms with van der Waals surface area (Å²) < 4.78 is 5.85. The predicted octanol–water partition coefficient (Wildman–Crippen LogP) is 6.48. The lowest BCUT2D eigenvalue weighted by Gasteiger charge is -2.32. The summed E-state index contributed by atoms with van der Waals surface area (Å²) in [4.78, 5) is 39.3. The maximum absolute atomic E-state index is 13.7. The average Bonchev–Trinajstić information content (AvgIpc) is 2.95. The van der Waals surface area contributed by atoms with Crippen LogP contribution in [0.15, 0.2) is 107 Å². The van der Waals surface area contributed by atoms with Gasteiger partial charge >= 0.3 is 12.1 Å². The first-order chi connectivity index (χ1) is 19.2. The van der Waals surface area contributed by atoms with E-state index in [0.717, 1.165) is 11.1 Å². The molecule has 0 bridgehead atoms. The van der Waals surface area contributed by atoms with Gasteiger partial charge in [0.15, 0.2) is 0 Å². The zero-order valence-electron chi connectivity index (χ0n) is 22.6. The van der Waals surface area contributed by atoms with Crippen molar-refractivity contribution in [2.75, 3.05) is 13.7 Å². The van der Waals surface area contributed by atoms with Crippen LogP contribution < -0.4 is 5.32 Å². The number of imide groups is 1. The summed E-state index contributed by atoms with van der Waals surface area (Å²) >= 11 is 6.29. The van der Waals surface area contributed by atoms with E-state index in [1.165, 1.54) is 7.05 Å². The van der Waals surface area contributed by atoms with Crippen molar-refractivity contribution < 1.29 is 24.2 Å². The van der Waals surface area contributed by atoms with Crippen LogP contribution in [0.5, 0.6) is 0 Å². The molecule has 3 aromatic carbocycles. The van der Waals surface area contributed by atoms with Gasteiger partial charge in [-0.2, -0.15) is 0 Å². The fourth-order valence-corrected chi connectivity index (χ4v) is 5.28. The third-order valence-corrected chi connectivity index (χ3v) is 7.26. The van der Waals surface area contributed by atoms with Crippen molar-refractivity contribution >= 4 is 29.6 Å². The van der Waals surface area contributed by atoms with Crippen LogP contribution in [0.25, 0.3) is 0 Å². The minimum absolute atomic E-state index is 0.0157. The molecule has 4 rings (SSSR count). The number of halogens is 1. The minimum atomic E-state index is -1.40. The Kier molecular flexibility index (Phi) is 9.07. The summed E-state index contributed by atoms with van der Waals surface area (Å²) in [5.41, 5.74) is 4.13. The summed E-state index contributed by atoms with van der Waals surface area (Å²) in [6.45, 7) is 3.54. The molecule has 0 aromatic heterocycles. The molecule has 0 saturated carbocycles. The summed E-state index contributed by atoms with van der Waals surface area (Å²) in [5, 5.41) is 13.0. The van der Waals surface area contributed by atoms with Crippen molar-refractivity contribution in [2.45, 2.75) is 32.1 Å². The number of hydrogen-bond donors (Lipinski definition) is 2. The first kappa shape index (κ1) is 28.6. The highest BCUT2D eigenvalue weighted by atomic mass is 35.5. The van der Waals surface area contributed by atoms with Crippen molar-refractivity contribution in [2.24, 2.45) is 0 Å². The van der Waals surface area contributed by atoms with Gasteiger partial charge in [0, 0.05) is 35.0 Å². The molecule has 206 valence electrons. The third kappa shape index (κ3) is 6.26. The van der Waals surface area contributed by atoms with Crippen LogP contribution in [0.2, 0.25) is 5.02 Å². The molecular formula is C32H31ClN2O5. The van der Waals surface area contributed by atoms with Crippen molar-refractivity contribution in [3.05, 3.63) is 129 Å². The van der Waals surface area contributed by atoms with Crippen LogP contribution in [-0.2, 0) is 14.3 Å². The van der Waals surface area contributed by atoms with Crippen LogP contribution in [0.4, 0.5) is 4.79 Å². The van der Waals surface area contributed by atoms with Crippen molar-refractivity contribution in [3.8, 4) is 0 Å². The maximum atomic E-state index is 13.7. The fraction of sp³-hybridized carbons (Fsp3) is 0.219. The van der Waals surface area contributed by atoms with Gasteiger partial charge in [-0.3, -0.25) is 4.79 Å². The number of nitrogens with zero attached hydrogens (tertiary/aromatic N) is 1. The molecule has 1 atom stereocenters. The Bertz CT molecular complexity index is 1430. The monoisotopic (exact) mass is 558 g/mol. The number of ether oxygens (including phenoxy) is 1. The third-order valence-electron chi connectivity index (χ3n) is 7.03. The number of carbonyl (C=O) groups is 3. The topological polar surface area (TPSA) is 95.9 Å². The van der Waals surface area contributed by atoms with Gasteiger partial charge < -0.3 is 15.2 Å². The molecule has 0 radical (unpaired) electrons. The number of likely N-dealkylation sites (N-methyl/N-ethyl adjacent to an activating group) is 1. The Labute approximate surface area is 238 Å². The molecule has 1 aliphatic heterocycles. The number of carboxylic acid groups (broad SMARTS) is 1. The molecule has 1 aliphatic rings. The molecule has 1 heterocycles. The summed E-state index contributed by atoms with van der Waals surface area (Å²) in [6.07, 6.45) is -0.859. The predicted molar refractivity (Wildman–Crippen MR) is 154 cm³/mol. The second kappa shape index (κ2) is 12.7. The van der Waals surface area contributed by atoms with Crippen LogP contribution in [0.1, 0.15) is 48.8 Å². The molecule has 0 spiro atoms. The Morgan fingerprint density at radius 1 is 0.900 bits per heavy atom. The van der Waals surface area contributed by atoms with Gasteiger partial charge in [-0.1, -0.05) is 84.4 Å². The highest BCUT2D eigenvalue weighted by Gasteiger charge is 2.39. The zero-order chi connectivity index (χ0) is 28.8. The molecular weight excluding hydrogens is 528 g/mol. The van der Waals surface area contributed by atoms with Gasteiger partial charge in [0.1, 0.15) is 0 Å². The number of nitrogens with one attached hydrogen (secondary N) is 1. The number of allylic oxidation sites excluding steroid dienone is 2. The Hall–Kier alpha value is -4.36. The zero-order valence-corrected chi connectivity index (χ0v) is 23.3. The number of esters is 1. The van der Waals surface area contributed by atoms with Crippen LogP contribution >= 0.6 is 11.6 Å². The molecule has 0 saturated heterocycles. The molecule has 3 aromatic rings. The maximum Gasteiger partial charge on any atom is 0.414 e. The largest absolute Gasteiger partial charge is 0.465 e. The van der Waals surface area contributed by atoms with E-state index in [1.54, 1.807) is 38.1 Å². The van der Waals surface area contributed by atoms with Gasteiger partial charge in [-0.15, -0.1) is 0 Å². The van der Waals surface area contributed by atoms with E-state index in [1.807, 2.05) is 36.4 Å². The van der Waals surface area contributed by atoms with E-state index in [9.17, 15) is 19.5 Å². The van der Waals surface area contributed by atoms with Crippen molar-refractivity contribution in [3.63, 3.8) is 0 Å². The lowest BCUT2D eigenvalue weighted by molar-refractivity contribution is -0.139. The van der Waals surface area contributed by atoms with Gasteiger partial charge in [0.05, 0.1) is 18.1 Å². The number of dihydropyridines is 1. The van der Waals surface area contributed by atoms with Crippen LogP contribution in [-0.4, -0.2) is 41.6 Å². The number of amides is 2. The molecule has 1 unspecified atom stereocenters. The molecule has 7 nitrogen and oxygen atoms in total. The summed E-state index contributed by atoms with van der Waals surface area (Å²) in [5.74, 6) is -2.19. The fourth-order valence-electron chi connectivity index (χ4n) is 5.08. The minimum Gasteiger partial charge on any atom is -0.465 e. The smallest absolute Gasteiger partial charge is 0.414 e. The first-order valence-electron chi connectivity index (χ1n) is 12.9. The van der Waals surface area contributed by atoms with E-state index < -0.39 is 23.9 Å². The molecule has 0 fully saturated rings. The molecule has 0 aliphatic carbocycles. The van der Waals surface area contributed by atoms with Crippen LogP contribution in [0, 0.1) is 0 Å².